The van der Waals surface area contributed by atoms with Crippen molar-refractivity contribution in [2.24, 2.45) is 12.0 Å². The highest BCUT2D eigenvalue weighted by molar-refractivity contribution is 6.30. The van der Waals surface area contributed by atoms with Crippen LogP contribution in [0.15, 0.2) is 35.5 Å². The van der Waals surface area contributed by atoms with Crippen LogP contribution in [-0.4, -0.2) is 43.3 Å². The van der Waals surface area contributed by atoms with Gasteiger partial charge in [0, 0.05) is 17.6 Å². The van der Waals surface area contributed by atoms with E-state index in [1.165, 1.54) is 7.11 Å². The van der Waals surface area contributed by atoms with Crippen LogP contribution in [0.2, 0.25) is 5.02 Å². The third-order valence-electron chi connectivity index (χ3n) is 4.52. The number of ether oxygens (including phenoxy) is 1. The first-order valence-corrected chi connectivity index (χ1v) is 8.72. The maximum atomic E-state index is 12.0. The van der Waals surface area contributed by atoms with E-state index in [4.69, 9.17) is 21.3 Å². The summed E-state index contributed by atoms with van der Waals surface area (Å²) in [7, 11) is 3.21. The summed E-state index contributed by atoms with van der Waals surface area (Å²) in [6.45, 7) is 1.86. The molecule has 2 aromatic heterocycles. The highest BCUT2D eigenvalue weighted by atomic mass is 35.5. The van der Waals surface area contributed by atoms with Gasteiger partial charge in [-0.3, -0.25) is 19.0 Å². The molecule has 1 unspecified atom stereocenters. The van der Waals surface area contributed by atoms with Gasteiger partial charge in [-0.1, -0.05) is 23.7 Å². The average molecular weight is 385 g/mol. The molecular formula is C18H17ClN6O2. The lowest BCUT2D eigenvalue weighted by molar-refractivity contribution is -0.141. The lowest BCUT2D eigenvalue weighted by Crippen LogP contribution is -2.13. The van der Waals surface area contributed by atoms with Crippen molar-refractivity contribution < 1.29 is 9.53 Å². The Morgan fingerprint density at radius 1 is 1.26 bits per heavy atom. The minimum absolute atomic E-state index is 0.0626. The van der Waals surface area contributed by atoms with Crippen LogP contribution in [0, 0.1) is 6.92 Å². The molecule has 0 spiro atoms. The number of carbonyl (C=O) groups is 1. The predicted molar refractivity (Wildman–Crippen MR) is 99.3 cm³/mol. The molecule has 0 bridgehead atoms. The Kier molecular flexibility index (Phi) is 4.27. The maximum absolute atomic E-state index is 12.0. The maximum Gasteiger partial charge on any atom is 0.308 e. The summed E-state index contributed by atoms with van der Waals surface area (Å²) >= 11 is 6.04. The van der Waals surface area contributed by atoms with E-state index in [0.29, 0.717) is 22.4 Å². The van der Waals surface area contributed by atoms with Gasteiger partial charge in [-0.05, 0) is 19.1 Å². The number of aliphatic imine (C=N–C) groups is 1. The van der Waals surface area contributed by atoms with Crippen molar-refractivity contribution in [3.05, 3.63) is 58.4 Å². The molecule has 138 valence electrons. The number of esters is 1. The summed E-state index contributed by atoms with van der Waals surface area (Å²) in [4.78, 5) is 16.9. The van der Waals surface area contributed by atoms with E-state index in [1.807, 2.05) is 30.7 Å². The normalized spacial score (nSPS) is 15.6. The van der Waals surface area contributed by atoms with E-state index in [2.05, 4.69) is 15.3 Å². The number of carbonyl (C=O) groups excluding carboxylic acids is 1. The molecule has 0 saturated heterocycles. The average Bonchev–Trinajstić information content (AvgIpc) is 3.18. The minimum atomic E-state index is -0.531. The van der Waals surface area contributed by atoms with Crippen molar-refractivity contribution in [3.63, 3.8) is 0 Å². The number of methoxy groups -OCH3 is 1. The van der Waals surface area contributed by atoms with Gasteiger partial charge in [0.15, 0.2) is 5.82 Å². The van der Waals surface area contributed by atoms with Gasteiger partial charge in [-0.25, -0.2) is 0 Å². The third-order valence-corrected chi connectivity index (χ3v) is 4.77. The van der Waals surface area contributed by atoms with Gasteiger partial charge in [0.25, 0.3) is 0 Å². The van der Waals surface area contributed by atoms with Gasteiger partial charge < -0.3 is 4.74 Å². The molecule has 1 aliphatic heterocycles. The largest absolute Gasteiger partial charge is 0.469 e. The van der Waals surface area contributed by atoms with Gasteiger partial charge in [0.2, 0.25) is 0 Å². The zero-order valence-electron chi connectivity index (χ0n) is 15.0. The van der Waals surface area contributed by atoms with Gasteiger partial charge in [0.1, 0.15) is 17.6 Å². The monoisotopic (exact) mass is 384 g/mol. The molecule has 0 aliphatic carbocycles. The lowest BCUT2D eigenvalue weighted by atomic mass is 10.1. The zero-order chi connectivity index (χ0) is 19.1. The van der Waals surface area contributed by atoms with E-state index in [9.17, 15) is 4.79 Å². The van der Waals surface area contributed by atoms with Crippen LogP contribution < -0.4 is 0 Å². The Hall–Kier alpha value is -3.00. The number of halogens is 1. The number of rotatable bonds is 3. The molecule has 0 N–H and O–H groups in total. The molecule has 3 heterocycles. The van der Waals surface area contributed by atoms with Crippen LogP contribution in [0.1, 0.15) is 35.4 Å². The van der Waals surface area contributed by atoms with Crippen LogP contribution in [0.5, 0.6) is 0 Å². The van der Waals surface area contributed by atoms with Gasteiger partial charge in [0.05, 0.1) is 31.1 Å². The molecule has 0 amide bonds. The van der Waals surface area contributed by atoms with Crippen LogP contribution in [0.4, 0.5) is 0 Å². The first kappa shape index (κ1) is 17.4. The SMILES string of the molecule is COC(=O)CC1N=C(c2ccc(Cl)cc2)c2c(cnn2C)-n2c(C)nnc21. The summed E-state index contributed by atoms with van der Waals surface area (Å²) in [5.74, 6) is 0.910. The zero-order valence-corrected chi connectivity index (χ0v) is 15.8. The molecule has 1 atom stereocenters. The summed E-state index contributed by atoms with van der Waals surface area (Å²) in [6, 6.07) is 6.87. The van der Waals surface area contributed by atoms with Crippen LogP contribution in [-0.2, 0) is 16.6 Å². The first-order chi connectivity index (χ1) is 13.0. The molecule has 27 heavy (non-hydrogen) atoms. The Labute approximate surface area is 160 Å². The fourth-order valence-electron chi connectivity index (χ4n) is 3.23. The molecular weight excluding hydrogens is 368 g/mol. The molecule has 0 radical (unpaired) electrons. The number of nitrogens with zero attached hydrogens (tertiary/aromatic N) is 6. The molecule has 3 aromatic rings. The van der Waals surface area contributed by atoms with Crippen molar-refractivity contribution >= 4 is 23.3 Å². The highest BCUT2D eigenvalue weighted by Gasteiger charge is 2.31. The lowest BCUT2D eigenvalue weighted by Gasteiger charge is -2.11. The molecule has 8 nitrogen and oxygen atoms in total. The standard InChI is InChI=1S/C18H17ClN6O2/c1-10-22-23-18-13(8-15(26)27-3)21-16(11-4-6-12(19)7-5-11)17-14(25(10)18)9-20-24(17)2/h4-7,9,13H,8H2,1-3H3. The second-order valence-electron chi connectivity index (χ2n) is 6.22. The molecule has 1 aromatic carbocycles. The fraction of sp³-hybridized carbons (Fsp3) is 0.278. The van der Waals surface area contributed by atoms with E-state index >= 15 is 0 Å². The molecule has 1 aliphatic rings. The molecule has 0 fully saturated rings. The smallest absolute Gasteiger partial charge is 0.308 e. The van der Waals surface area contributed by atoms with Crippen LogP contribution >= 0.6 is 11.6 Å². The molecule has 4 rings (SSSR count). The van der Waals surface area contributed by atoms with Gasteiger partial charge in [-0.15, -0.1) is 10.2 Å². The van der Waals surface area contributed by atoms with Gasteiger partial charge >= 0.3 is 5.97 Å². The van der Waals surface area contributed by atoms with Crippen LogP contribution in [0.25, 0.3) is 5.69 Å². The minimum Gasteiger partial charge on any atom is -0.469 e. The summed E-state index contributed by atoms with van der Waals surface area (Å²) in [6.07, 6.45) is 1.81. The second kappa shape index (κ2) is 6.62. The summed E-state index contributed by atoms with van der Waals surface area (Å²) in [5.41, 5.74) is 3.21. The Bertz CT molecular complexity index is 1050. The highest BCUT2D eigenvalue weighted by Crippen LogP contribution is 2.32. The Morgan fingerprint density at radius 2 is 2.00 bits per heavy atom. The third kappa shape index (κ3) is 2.91. The van der Waals surface area contributed by atoms with Crippen molar-refractivity contribution in [3.8, 4) is 5.69 Å². The van der Waals surface area contributed by atoms with E-state index in [1.54, 1.807) is 23.0 Å². The topological polar surface area (TPSA) is 87.2 Å². The number of aromatic nitrogens is 5. The Balaban J connectivity index is 1.97. The number of hydrogen-bond donors (Lipinski definition) is 0. The van der Waals surface area contributed by atoms with Crippen molar-refractivity contribution in [1.29, 1.82) is 0 Å². The fourth-order valence-corrected chi connectivity index (χ4v) is 3.35. The van der Waals surface area contributed by atoms with Crippen LogP contribution in [0.3, 0.4) is 0 Å². The number of benzene rings is 1. The predicted octanol–water partition coefficient (Wildman–Crippen LogP) is 2.42. The first-order valence-electron chi connectivity index (χ1n) is 8.34. The Morgan fingerprint density at radius 3 is 2.70 bits per heavy atom. The molecule has 9 heteroatoms. The quantitative estimate of drug-likeness (QED) is 0.647. The summed E-state index contributed by atoms with van der Waals surface area (Å²) < 4.78 is 8.50. The van der Waals surface area contributed by atoms with E-state index in [-0.39, 0.29) is 12.4 Å². The van der Waals surface area contributed by atoms with E-state index in [0.717, 1.165) is 16.9 Å². The summed E-state index contributed by atoms with van der Waals surface area (Å²) in [5, 5.41) is 13.5. The number of hydrogen-bond acceptors (Lipinski definition) is 6. The van der Waals surface area contributed by atoms with E-state index < -0.39 is 6.04 Å². The van der Waals surface area contributed by atoms with Crippen molar-refractivity contribution in [2.75, 3.05) is 7.11 Å². The molecule has 0 saturated carbocycles. The van der Waals surface area contributed by atoms with Gasteiger partial charge in [-0.2, -0.15) is 5.10 Å². The number of fused-ring (bicyclic) bond motifs is 3. The number of aryl methyl sites for hydroxylation is 2. The van der Waals surface area contributed by atoms with Crippen molar-refractivity contribution in [1.82, 2.24) is 24.5 Å². The van der Waals surface area contributed by atoms with Crippen molar-refractivity contribution in [2.45, 2.75) is 19.4 Å². The second-order valence-corrected chi connectivity index (χ2v) is 6.66.